The van der Waals surface area contributed by atoms with Gasteiger partial charge < -0.3 is 4.90 Å². The zero-order valence-corrected chi connectivity index (χ0v) is 14.8. The summed E-state index contributed by atoms with van der Waals surface area (Å²) in [6.45, 7) is 1.63. The minimum atomic E-state index is 0.0391. The molecule has 4 nitrogen and oxygen atoms in total. The van der Waals surface area contributed by atoms with Gasteiger partial charge in [0.15, 0.2) is 5.69 Å². The number of amides is 1. The van der Waals surface area contributed by atoms with Crippen LogP contribution in [-0.4, -0.2) is 34.1 Å². The van der Waals surface area contributed by atoms with Crippen molar-refractivity contribution < 1.29 is 4.79 Å². The van der Waals surface area contributed by atoms with Crippen molar-refractivity contribution in [2.75, 3.05) is 13.1 Å². The van der Waals surface area contributed by atoms with Crippen molar-refractivity contribution >= 4 is 17.2 Å². The molecule has 0 aliphatic carbocycles. The van der Waals surface area contributed by atoms with Crippen LogP contribution in [0, 0.1) is 5.92 Å². The summed E-state index contributed by atoms with van der Waals surface area (Å²) in [7, 11) is 0. The van der Waals surface area contributed by atoms with E-state index in [1.807, 2.05) is 28.5 Å². The zero-order valence-electron chi connectivity index (χ0n) is 14.0. The van der Waals surface area contributed by atoms with Crippen molar-refractivity contribution in [3.63, 3.8) is 0 Å². The van der Waals surface area contributed by atoms with Crippen LogP contribution in [0.1, 0.15) is 28.9 Å². The number of nitrogens with one attached hydrogen (secondary N) is 1. The van der Waals surface area contributed by atoms with Crippen LogP contribution in [0.3, 0.4) is 0 Å². The summed E-state index contributed by atoms with van der Waals surface area (Å²) < 4.78 is 0. The summed E-state index contributed by atoms with van der Waals surface area (Å²) in [5.41, 5.74) is 2.82. The van der Waals surface area contributed by atoms with Crippen LogP contribution in [0.5, 0.6) is 0 Å². The van der Waals surface area contributed by atoms with Crippen LogP contribution in [0.25, 0.3) is 10.6 Å². The summed E-state index contributed by atoms with van der Waals surface area (Å²) in [5.74, 6) is 0.699. The highest BCUT2D eigenvalue weighted by Gasteiger charge is 2.25. The summed E-state index contributed by atoms with van der Waals surface area (Å²) in [6, 6.07) is 16.5. The van der Waals surface area contributed by atoms with Crippen LogP contribution in [0.4, 0.5) is 0 Å². The first kappa shape index (κ1) is 16.1. The van der Waals surface area contributed by atoms with E-state index in [1.54, 1.807) is 11.3 Å². The Morgan fingerprint density at radius 2 is 1.96 bits per heavy atom. The molecule has 1 saturated heterocycles. The van der Waals surface area contributed by atoms with E-state index in [2.05, 4.69) is 40.5 Å². The first-order valence-electron chi connectivity index (χ1n) is 8.72. The first-order valence-corrected chi connectivity index (χ1v) is 9.60. The number of thiophene rings is 1. The predicted molar refractivity (Wildman–Crippen MR) is 101 cm³/mol. The van der Waals surface area contributed by atoms with Gasteiger partial charge >= 0.3 is 0 Å². The van der Waals surface area contributed by atoms with Gasteiger partial charge in [-0.15, -0.1) is 11.3 Å². The summed E-state index contributed by atoms with van der Waals surface area (Å²) in [4.78, 5) is 15.7. The number of carbonyl (C=O) groups is 1. The SMILES string of the molecule is O=C(c1cc(-c2cccs2)[nH]n1)N1CCC(Cc2ccccc2)CC1. The molecule has 5 heteroatoms. The molecular weight excluding hydrogens is 330 g/mol. The van der Waals surface area contributed by atoms with Gasteiger partial charge in [0.2, 0.25) is 0 Å². The molecule has 0 saturated carbocycles. The van der Waals surface area contributed by atoms with Gasteiger partial charge in [-0.3, -0.25) is 9.89 Å². The normalized spacial score (nSPS) is 15.4. The average Bonchev–Trinajstić information content (AvgIpc) is 3.34. The van der Waals surface area contributed by atoms with E-state index in [1.165, 1.54) is 5.56 Å². The zero-order chi connectivity index (χ0) is 17.1. The second kappa shape index (κ2) is 7.23. The molecule has 1 amide bonds. The van der Waals surface area contributed by atoms with Gasteiger partial charge in [0, 0.05) is 13.1 Å². The van der Waals surface area contributed by atoms with Gasteiger partial charge in [-0.1, -0.05) is 36.4 Å². The highest BCUT2D eigenvalue weighted by atomic mass is 32.1. The van der Waals surface area contributed by atoms with Gasteiger partial charge in [-0.05, 0) is 48.3 Å². The fourth-order valence-corrected chi connectivity index (χ4v) is 4.13. The van der Waals surface area contributed by atoms with Gasteiger partial charge in [0.25, 0.3) is 5.91 Å². The van der Waals surface area contributed by atoms with Crippen molar-refractivity contribution in [2.45, 2.75) is 19.3 Å². The van der Waals surface area contributed by atoms with E-state index in [0.29, 0.717) is 11.6 Å². The number of aromatic amines is 1. The Kier molecular flexibility index (Phi) is 4.65. The monoisotopic (exact) mass is 351 g/mol. The molecule has 128 valence electrons. The number of hydrogen-bond acceptors (Lipinski definition) is 3. The largest absolute Gasteiger partial charge is 0.337 e. The second-order valence-electron chi connectivity index (χ2n) is 6.57. The van der Waals surface area contributed by atoms with Crippen LogP contribution in [0.2, 0.25) is 0 Å². The maximum Gasteiger partial charge on any atom is 0.274 e. The Balaban J connectivity index is 1.35. The van der Waals surface area contributed by atoms with Crippen LogP contribution < -0.4 is 0 Å². The third-order valence-corrected chi connectivity index (χ3v) is 5.76. The predicted octanol–water partition coefficient (Wildman–Crippen LogP) is 4.23. The van der Waals surface area contributed by atoms with Crippen molar-refractivity contribution in [3.8, 4) is 10.6 Å². The third-order valence-electron chi connectivity index (χ3n) is 4.85. The molecule has 1 aliphatic heterocycles. The third kappa shape index (κ3) is 3.66. The van der Waals surface area contributed by atoms with E-state index < -0.39 is 0 Å². The molecule has 4 rings (SSSR count). The highest BCUT2D eigenvalue weighted by molar-refractivity contribution is 7.13. The molecule has 0 radical (unpaired) electrons. The number of likely N-dealkylation sites (tertiary alicyclic amines) is 1. The Morgan fingerprint density at radius 1 is 1.16 bits per heavy atom. The number of H-pyrrole nitrogens is 1. The molecule has 1 aromatic carbocycles. The lowest BCUT2D eigenvalue weighted by Gasteiger charge is -2.31. The van der Waals surface area contributed by atoms with Crippen molar-refractivity contribution in [1.29, 1.82) is 0 Å². The number of aromatic nitrogens is 2. The van der Waals surface area contributed by atoms with E-state index in [-0.39, 0.29) is 5.91 Å². The van der Waals surface area contributed by atoms with Crippen molar-refractivity contribution in [3.05, 3.63) is 65.2 Å². The number of hydrogen-bond donors (Lipinski definition) is 1. The lowest BCUT2D eigenvalue weighted by molar-refractivity contribution is 0.0684. The highest BCUT2D eigenvalue weighted by Crippen LogP contribution is 2.25. The number of piperidine rings is 1. The molecule has 1 aliphatic rings. The minimum Gasteiger partial charge on any atom is -0.337 e. The Labute approximate surface area is 151 Å². The molecule has 0 atom stereocenters. The summed E-state index contributed by atoms with van der Waals surface area (Å²) >= 11 is 1.64. The fraction of sp³-hybridized carbons (Fsp3) is 0.300. The lowest BCUT2D eigenvalue weighted by atomic mass is 9.90. The summed E-state index contributed by atoms with van der Waals surface area (Å²) in [5, 5.41) is 9.23. The molecule has 25 heavy (non-hydrogen) atoms. The topological polar surface area (TPSA) is 49.0 Å². The maximum atomic E-state index is 12.7. The van der Waals surface area contributed by atoms with Crippen molar-refractivity contribution in [1.82, 2.24) is 15.1 Å². The Hall–Kier alpha value is -2.40. The van der Waals surface area contributed by atoms with Crippen LogP contribution in [-0.2, 0) is 6.42 Å². The number of carbonyl (C=O) groups excluding carboxylic acids is 1. The molecule has 0 bridgehead atoms. The van der Waals surface area contributed by atoms with Crippen LogP contribution >= 0.6 is 11.3 Å². The average molecular weight is 351 g/mol. The Bertz CT molecular complexity index is 818. The maximum absolute atomic E-state index is 12.7. The van der Waals surface area contributed by atoms with Gasteiger partial charge in [0.05, 0.1) is 10.6 Å². The lowest BCUT2D eigenvalue weighted by Crippen LogP contribution is -2.39. The molecule has 2 aromatic heterocycles. The molecule has 1 fully saturated rings. The van der Waals surface area contributed by atoms with Crippen LogP contribution in [0.15, 0.2) is 53.9 Å². The number of nitrogens with zero attached hydrogens (tertiary/aromatic N) is 2. The Morgan fingerprint density at radius 3 is 2.68 bits per heavy atom. The van der Waals surface area contributed by atoms with Gasteiger partial charge in [0.1, 0.15) is 0 Å². The van der Waals surface area contributed by atoms with E-state index in [4.69, 9.17) is 0 Å². The molecule has 3 heterocycles. The van der Waals surface area contributed by atoms with Crippen molar-refractivity contribution in [2.24, 2.45) is 5.92 Å². The molecule has 0 spiro atoms. The molecule has 3 aromatic rings. The summed E-state index contributed by atoms with van der Waals surface area (Å²) in [6.07, 6.45) is 3.22. The van der Waals surface area contributed by atoms with Gasteiger partial charge in [-0.25, -0.2) is 0 Å². The molecular formula is C20H21N3OS. The molecule has 0 unspecified atom stereocenters. The number of benzene rings is 1. The smallest absolute Gasteiger partial charge is 0.274 e. The number of rotatable bonds is 4. The fourth-order valence-electron chi connectivity index (χ4n) is 3.44. The second-order valence-corrected chi connectivity index (χ2v) is 7.52. The van der Waals surface area contributed by atoms with E-state index in [0.717, 1.165) is 42.9 Å². The molecule has 1 N–H and O–H groups in total. The minimum absolute atomic E-state index is 0.0391. The first-order chi connectivity index (χ1) is 12.3. The van der Waals surface area contributed by atoms with Gasteiger partial charge in [-0.2, -0.15) is 5.10 Å². The standard InChI is InChI=1S/C20H21N3OS/c24-20(18-14-17(21-22-18)19-7-4-12-25-19)23-10-8-16(9-11-23)13-15-5-2-1-3-6-15/h1-7,12,14,16H,8-11,13H2,(H,21,22). The quantitative estimate of drug-likeness (QED) is 0.764. The van der Waals surface area contributed by atoms with E-state index in [9.17, 15) is 4.79 Å². The van der Waals surface area contributed by atoms with E-state index >= 15 is 0 Å².